The zero-order chi connectivity index (χ0) is 16.9. The molecule has 2 N–H and O–H groups in total. The second-order valence-electron chi connectivity index (χ2n) is 6.40. The van der Waals surface area contributed by atoms with Gasteiger partial charge in [0.1, 0.15) is 17.6 Å². The number of aliphatic hydroxyl groups excluding tert-OH is 1. The molecule has 6 nitrogen and oxygen atoms in total. The van der Waals surface area contributed by atoms with Crippen molar-refractivity contribution in [1.82, 2.24) is 15.1 Å². The van der Waals surface area contributed by atoms with E-state index in [1.807, 2.05) is 17.9 Å². The largest absolute Gasteiger partial charge is 0.467 e. The van der Waals surface area contributed by atoms with Crippen LogP contribution in [0.1, 0.15) is 67.1 Å². The number of carbonyl (C=O) groups is 1. The van der Waals surface area contributed by atoms with Gasteiger partial charge >= 0.3 is 0 Å². The molecule has 0 spiro atoms. The van der Waals surface area contributed by atoms with Crippen LogP contribution in [0.3, 0.4) is 0 Å². The lowest BCUT2D eigenvalue weighted by atomic mass is 10.0. The minimum absolute atomic E-state index is 0.00174. The molecule has 1 fully saturated rings. The highest BCUT2D eigenvalue weighted by atomic mass is 16.4. The van der Waals surface area contributed by atoms with E-state index < -0.39 is 6.10 Å². The van der Waals surface area contributed by atoms with Gasteiger partial charge in [0.25, 0.3) is 5.91 Å². The number of hydrogen-bond acceptors (Lipinski definition) is 4. The summed E-state index contributed by atoms with van der Waals surface area (Å²) in [6.45, 7) is 2.74. The smallest absolute Gasteiger partial charge is 0.274 e. The van der Waals surface area contributed by atoms with Gasteiger partial charge in [0, 0.05) is 24.7 Å². The molecule has 0 unspecified atom stereocenters. The molecule has 0 bridgehead atoms. The van der Waals surface area contributed by atoms with Crippen molar-refractivity contribution in [3.05, 3.63) is 41.6 Å². The Labute approximate surface area is 141 Å². The fraction of sp³-hybridized carbons (Fsp3) is 0.556. The summed E-state index contributed by atoms with van der Waals surface area (Å²) in [7, 11) is 0. The summed E-state index contributed by atoms with van der Waals surface area (Å²) < 4.78 is 5.30. The van der Waals surface area contributed by atoms with Crippen LogP contribution in [0, 0.1) is 0 Å². The number of furan rings is 1. The SMILES string of the molecule is CCc1cc(C(=O)N2CCCCC[C@@H]2C[C@@H](O)c2ccco2)n[nH]1. The van der Waals surface area contributed by atoms with Gasteiger partial charge in [-0.1, -0.05) is 19.8 Å². The van der Waals surface area contributed by atoms with Gasteiger partial charge in [-0.15, -0.1) is 0 Å². The Morgan fingerprint density at radius 2 is 2.38 bits per heavy atom. The van der Waals surface area contributed by atoms with Crippen molar-refractivity contribution in [2.24, 2.45) is 0 Å². The fourth-order valence-corrected chi connectivity index (χ4v) is 3.34. The third kappa shape index (κ3) is 3.70. The highest BCUT2D eigenvalue weighted by Crippen LogP contribution is 2.27. The number of hydrogen-bond donors (Lipinski definition) is 2. The number of aryl methyl sites for hydroxylation is 1. The molecule has 3 heterocycles. The first kappa shape index (κ1) is 16.8. The number of carbonyl (C=O) groups excluding carboxylic acids is 1. The standard InChI is InChI=1S/C18H25N3O3/c1-2-13-11-15(20-19-13)18(23)21-9-5-3-4-7-14(21)12-16(22)17-8-6-10-24-17/h6,8,10-11,14,16,22H,2-5,7,9,12H2,1H3,(H,19,20)/t14-,16-/m1/s1. The number of rotatable bonds is 5. The van der Waals surface area contributed by atoms with E-state index in [0.29, 0.717) is 24.4 Å². The van der Waals surface area contributed by atoms with Crippen LogP contribution in [-0.2, 0) is 6.42 Å². The van der Waals surface area contributed by atoms with Crippen LogP contribution in [0.15, 0.2) is 28.9 Å². The summed E-state index contributed by atoms with van der Waals surface area (Å²) in [5.41, 5.74) is 1.42. The molecule has 0 aromatic carbocycles. The monoisotopic (exact) mass is 331 g/mol. The second kappa shape index (κ2) is 7.66. The molecule has 6 heteroatoms. The molecule has 0 radical (unpaired) electrons. The van der Waals surface area contributed by atoms with E-state index in [1.165, 1.54) is 0 Å². The van der Waals surface area contributed by atoms with E-state index in [0.717, 1.165) is 37.8 Å². The number of H-pyrrole nitrogens is 1. The molecular weight excluding hydrogens is 306 g/mol. The van der Waals surface area contributed by atoms with Crippen LogP contribution < -0.4 is 0 Å². The molecule has 1 aliphatic heterocycles. The van der Waals surface area contributed by atoms with Gasteiger partial charge in [0.05, 0.1) is 6.26 Å². The van der Waals surface area contributed by atoms with Gasteiger partial charge in [-0.25, -0.2) is 0 Å². The molecule has 3 rings (SSSR count). The van der Waals surface area contributed by atoms with Crippen LogP contribution in [-0.4, -0.2) is 38.7 Å². The molecule has 1 amide bonds. The normalized spacial score (nSPS) is 19.9. The van der Waals surface area contributed by atoms with E-state index in [9.17, 15) is 9.90 Å². The van der Waals surface area contributed by atoms with Crippen molar-refractivity contribution in [3.8, 4) is 0 Å². The van der Waals surface area contributed by atoms with Gasteiger partial charge in [0.15, 0.2) is 0 Å². The van der Waals surface area contributed by atoms with E-state index in [4.69, 9.17) is 4.42 Å². The lowest BCUT2D eigenvalue weighted by molar-refractivity contribution is 0.0552. The summed E-state index contributed by atoms with van der Waals surface area (Å²) in [4.78, 5) is 14.8. The highest BCUT2D eigenvalue weighted by molar-refractivity contribution is 5.92. The Balaban J connectivity index is 1.75. The van der Waals surface area contributed by atoms with Gasteiger partial charge in [0.2, 0.25) is 0 Å². The number of likely N-dealkylation sites (tertiary alicyclic amines) is 1. The average molecular weight is 331 g/mol. The van der Waals surface area contributed by atoms with E-state index >= 15 is 0 Å². The number of nitrogens with one attached hydrogen (secondary N) is 1. The lowest BCUT2D eigenvalue weighted by Gasteiger charge is -2.30. The Kier molecular flexibility index (Phi) is 5.35. The van der Waals surface area contributed by atoms with Crippen LogP contribution in [0.2, 0.25) is 0 Å². The number of nitrogens with zero attached hydrogens (tertiary/aromatic N) is 2. The van der Waals surface area contributed by atoms with E-state index in [-0.39, 0.29) is 11.9 Å². The highest BCUT2D eigenvalue weighted by Gasteiger charge is 2.30. The molecule has 24 heavy (non-hydrogen) atoms. The zero-order valence-electron chi connectivity index (χ0n) is 14.1. The topological polar surface area (TPSA) is 82.4 Å². The fourth-order valence-electron chi connectivity index (χ4n) is 3.34. The first-order valence-electron chi connectivity index (χ1n) is 8.75. The van der Waals surface area contributed by atoms with Crippen molar-refractivity contribution >= 4 is 5.91 Å². The molecule has 1 aliphatic rings. The molecule has 0 aliphatic carbocycles. The Bertz CT molecular complexity index is 650. The Hall–Kier alpha value is -2.08. The van der Waals surface area contributed by atoms with Crippen LogP contribution >= 0.6 is 0 Å². The molecule has 1 saturated heterocycles. The molecule has 2 atom stereocenters. The maximum absolute atomic E-state index is 12.9. The van der Waals surface area contributed by atoms with Crippen molar-refractivity contribution < 1.29 is 14.3 Å². The van der Waals surface area contributed by atoms with Crippen LogP contribution in [0.5, 0.6) is 0 Å². The summed E-state index contributed by atoms with van der Waals surface area (Å²) in [6, 6.07) is 5.37. The van der Waals surface area contributed by atoms with Gasteiger partial charge in [-0.2, -0.15) is 5.10 Å². The lowest BCUT2D eigenvalue weighted by Crippen LogP contribution is -2.41. The first-order valence-corrected chi connectivity index (χ1v) is 8.75. The molecule has 130 valence electrons. The second-order valence-corrected chi connectivity index (χ2v) is 6.40. The van der Waals surface area contributed by atoms with Gasteiger partial charge in [-0.05, 0) is 37.5 Å². The Morgan fingerprint density at radius 3 is 3.08 bits per heavy atom. The van der Waals surface area contributed by atoms with Crippen LogP contribution in [0.25, 0.3) is 0 Å². The average Bonchev–Trinajstić information content (AvgIpc) is 3.23. The third-order valence-corrected chi connectivity index (χ3v) is 4.74. The predicted molar refractivity (Wildman–Crippen MR) is 89.5 cm³/mol. The van der Waals surface area contributed by atoms with E-state index in [2.05, 4.69) is 10.2 Å². The molecular formula is C18H25N3O3. The predicted octanol–water partition coefficient (Wildman–Crippen LogP) is 3.07. The van der Waals surface area contributed by atoms with Crippen molar-refractivity contribution in [3.63, 3.8) is 0 Å². The quantitative estimate of drug-likeness (QED) is 0.882. The number of aromatic nitrogens is 2. The third-order valence-electron chi connectivity index (χ3n) is 4.74. The van der Waals surface area contributed by atoms with E-state index in [1.54, 1.807) is 18.4 Å². The first-order chi connectivity index (χ1) is 11.7. The minimum Gasteiger partial charge on any atom is -0.467 e. The molecule has 0 saturated carbocycles. The van der Waals surface area contributed by atoms with Gasteiger partial charge < -0.3 is 14.4 Å². The minimum atomic E-state index is -0.691. The molecule has 2 aromatic heterocycles. The summed E-state index contributed by atoms with van der Waals surface area (Å²) in [6.07, 6.45) is 6.25. The zero-order valence-corrected chi connectivity index (χ0v) is 14.1. The number of aromatic amines is 1. The maximum Gasteiger partial charge on any atom is 0.274 e. The van der Waals surface area contributed by atoms with Crippen molar-refractivity contribution in [1.29, 1.82) is 0 Å². The summed E-state index contributed by atoms with van der Waals surface area (Å²) >= 11 is 0. The number of amides is 1. The van der Waals surface area contributed by atoms with Crippen LogP contribution in [0.4, 0.5) is 0 Å². The van der Waals surface area contributed by atoms with Gasteiger partial charge in [-0.3, -0.25) is 9.89 Å². The molecule has 2 aromatic rings. The number of aliphatic hydroxyl groups is 1. The van der Waals surface area contributed by atoms with Crippen molar-refractivity contribution in [2.45, 2.75) is 57.6 Å². The Morgan fingerprint density at radius 1 is 1.50 bits per heavy atom. The summed E-state index contributed by atoms with van der Waals surface area (Å²) in [5, 5.41) is 17.5. The maximum atomic E-state index is 12.9. The van der Waals surface area contributed by atoms with Crippen molar-refractivity contribution in [2.75, 3.05) is 6.54 Å². The summed E-state index contributed by atoms with van der Waals surface area (Å²) in [5.74, 6) is 0.504.